The highest BCUT2D eigenvalue weighted by molar-refractivity contribution is 5.94. The third-order valence-electron chi connectivity index (χ3n) is 5.68. The molecule has 3 heterocycles. The maximum absolute atomic E-state index is 11.7. The Hall–Kier alpha value is -3.65. The highest BCUT2D eigenvalue weighted by atomic mass is 16.5. The van der Waals surface area contributed by atoms with Crippen LogP contribution in [0.5, 0.6) is 0 Å². The summed E-state index contributed by atoms with van der Waals surface area (Å²) in [6.45, 7) is 3.72. The monoisotopic (exact) mass is 417 g/mol. The number of fused-ring (bicyclic) bond motifs is 2. The zero-order valence-corrected chi connectivity index (χ0v) is 17.2. The SMILES string of the molecule is Cc1c([CH]CNCc2cnn(-c3ccc4oc(=O)n(C)c4c3)c2)ccc2c1COC2=O. The number of benzene rings is 2. The number of carbonyl (C=O) groups excluding carboxylic acids is 1. The molecule has 0 aliphatic carbocycles. The van der Waals surface area contributed by atoms with Gasteiger partial charge in [-0.2, -0.15) is 5.10 Å². The Morgan fingerprint density at radius 3 is 2.97 bits per heavy atom. The van der Waals surface area contributed by atoms with Crippen molar-refractivity contribution in [3.63, 3.8) is 0 Å². The lowest BCUT2D eigenvalue weighted by molar-refractivity contribution is 0.0535. The average molecular weight is 417 g/mol. The molecule has 1 radical (unpaired) electrons. The van der Waals surface area contributed by atoms with E-state index in [1.807, 2.05) is 43.6 Å². The summed E-state index contributed by atoms with van der Waals surface area (Å²) in [6, 6.07) is 9.32. The molecule has 31 heavy (non-hydrogen) atoms. The first-order chi connectivity index (χ1) is 15.0. The van der Waals surface area contributed by atoms with Crippen molar-refractivity contribution in [2.45, 2.75) is 20.1 Å². The molecule has 1 aliphatic heterocycles. The Balaban J connectivity index is 1.22. The summed E-state index contributed by atoms with van der Waals surface area (Å²) in [5.41, 5.74) is 7.01. The molecular weight excluding hydrogens is 396 g/mol. The van der Waals surface area contributed by atoms with Gasteiger partial charge >= 0.3 is 11.7 Å². The lowest BCUT2D eigenvalue weighted by Gasteiger charge is -2.09. The van der Waals surface area contributed by atoms with Gasteiger partial charge in [0.25, 0.3) is 0 Å². The summed E-state index contributed by atoms with van der Waals surface area (Å²) in [4.78, 5) is 23.3. The standard InChI is InChI=1S/C23H21N4O4/c1-14-16(3-5-18-19(14)13-30-22(18)28)7-8-24-10-15-11-25-27(12-15)17-4-6-21-20(9-17)26(2)23(29)31-21/h3-7,9,11-12,24H,8,10,13H2,1-2H3. The minimum Gasteiger partial charge on any atom is -0.457 e. The number of aromatic nitrogens is 3. The molecule has 4 aromatic rings. The highest BCUT2D eigenvalue weighted by Gasteiger charge is 2.23. The van der Waals surface area contributed by atoms with Gasteiger partial charge in [0, 0.05) is 43.9 Å². The van der Waals surface area contributed by atoms with E-state index in [4.69, 9.17) is 9.15 Å². The number of aryl methyl sites for hydroxylation is 1. The van der Waals surface area contributed by atoms with Gasteiger partial charge in [-0.3, -0.25) is 4.57 Å². The van der Waals surface area contributed by atoms with Crippen LogP contribution in [0.15, 0.2) is 51.9 Å². The first kappa shape index (κ1) is 19.3. The minimum atomic E-state index is -0.383. The number of nitrogens with zero attached hydrogens (tertiary/aromatic N) is 3. The summed E-state index contributed by atoms with van der Waals surface area (Å²) in [7, 11) is 1.68. The lowest BCUT2D eigenvalue weighted by Crippen LogP contribution is -2.15. The fourth-order valence-electron chi connectivity index (χ4n) is 3.84. The molecule has 0 unspecified atom stereocenters. The predicted octanol–water partition coefficient (Wildman–Crippen LogP) is 2.64. The summed E-state index contributed by atoms with van der Waals surface area (Å²) in [6.07, 6.45) is 5.88. The van der Waals surface area contributed by atoms with Crippen molar-refractivity contribution in [2.75, 3.05) is 6.54 Å². The first-order valence-electron chi connectivity index (χ1n) is 9.98. The van der Waals surface area contributed by atoms with Crippen molar-refractivity contribution in [3.8, 4) is 5.69 Å². The van der Waals surface area contributed by atoms with Crippen LogP contribution >= 0.6 is 0 Å². The number of hydrogen-bond donors (Lipinski definition) is 1. The number of cyclic esters (lactones) is 1. The Morgan fingerprint density at radius 2 is 2.10 bits per heavy atom. The quantitative estimate of drug-likeness (QED) is 0.383. The zero-order valence-electron chi connectivity index (χ0n) is 17.2. The van der Waals surface area contributed by atoms with Gasteiger partial charge in [-0.05, 0) is 42.3 Å². The smallest absolute Gasteiger partial charge is 0.419 e. The van der Waals surface area contributed by atoms with Crippen LogP contribution in [0.3, 0.4) is 0 Å². The summed E-state index contributed by atoms with van der Waals surface area (Å²) in [5.74, 6) is -0.625. The number of nitrogens with one attached hydrogen (secondary N) is 1. The molecule has 0 fully saturated rings. The molecule has 0 bridgehead atoms. The van der Waals surface area contributed by atoms with Crippen molar-refractivity contribution >= 4 is 17.1 Å². The summed E-state index contributed by atoms with van der Waals surface area (Å²) >= 11 is 0. The third-order valence-corrected chi connectivity index (χ3v) is 5.68. The van der Waals surface area contributed by atoms with Crippen LogP contribution in [0.1, 0.15) is 32.6 Å². The molecule has 2 aromatic carbocycles. The topological polar surface area (TPSA) is 91.3 Å². The van der Waals surface area contributed by atoms with Gasteiger partial charge in [-0.25, -0.2) is 14.3 Å². The summed E-state index contributed by atoms with van der Waals surface area (Å²) in [5, 5.41) is 7.82. The minimum absolute atomic E-state index is 0.242. The van der Waals surface area contributed by atoms with Gasteiger partial charge < -0.3 is 14.5 Å². The van der Waals surface area contributed by atoms with E-state index in [2.05, 4.69) is 16.8 Å². The molecule has 0 spiro atoms. The largest absolute Gasteiger partial charge is 0.457 e. The van der Waals surface area contributed by atoms with Gasteiger partial charge in [0.2, 0.25) is 0 Å². The molecule has 1 N–H and O–H groups in total. The number of carbonyl (C=O) groups is 1. The van der Waals surface area contributed by atoms with Crippen molar-refractivity contribution in [3.05, 3.63) is 87.5 Å². The molecule has 5 rings (SSSR count). The molecule has 8 heteroatoms. The second-order valence-corrected chi connectivity index (χ2v) is 7.59. The fourth-order valence-corrected chi connectivity index (χ4v) is 3.84. The van der Waals surface area contributed by atoms with E-state index in [-0.39, 0.29) is 11.7 Å². The van der Waals surface area contributed by atoms with Crippen molar-refractivity contribution in [1.82, 2.24) is 19.7 Å². The van der Waals surface area contributed by atoms with E-state index in [0.717, 1.165) is 33.5 Å². The molecule has 157 valence electrons. The predicted molar refractivity (Wildman–Crippen MR) is 114 cm³/mol. The van der Waals surface area contributed by atoms with E-state index in [0.29, 0.717) is 30.8 Å². The Kier molecular flexibility index (Phi) is 4.71. The number of rotatable bonds is 6. The Bertz CT molecular complexity index is 1360. The second-order valence-electron chi connectivity index (χ2n) is 7.59. The Labute approximate surface area is 178 Å². The number of oxazole rings is 1. The van der Waals surface area contributed by atoms with Crippen LogP contribution in [0, 0.1) is 13.3 Å². The number of esters is 1. The lowest BCUT2D eigenvalue weighted by atomic mass is 9.97. The van der Waals surface area contributed by atoms with E-state index in [9.17, 15) is 9.59 Å². The van der Waals surface area contributed by atoms with Crippen LogP contribution in [-0.2, 0) is 24.9 Å². The molecule has 0 saturated carbocycles. The van der Waals surface area contributed by atoms with E-state index < -0.39 is 0 Å². The van der Waals surface area contributed by atoms with Crippen LogP contribution < -0.4 is 11.1 Å². The average Bonchev–Trinajstić information content (AvgIpc) is 3.46. The Morgan fingerprint density at radius 1 is 1.23 bits per heavy atom. The van der Waals surface area contributed by atoms with Gasteiger partial charge in [0.15, 0.2) is 5.58 Å². The highest BCUT2D eigenvalue weighted by Crippen LogP contribution is 2.26. The van der Waals surface area contributed by atoms with E-state index >= 15 is 0 Å². The maximum atomic E-state index is 11.7. The van der Waals surface area contributed by atoms with Crippen LogP contribution in [0.4, 0.5) is 0 Å². The third kappa shape index (κ3) is 3.44. The molecule has 8 nitrogen and oxygen atoms in total. The molecule has 2 aromatic heterocycles. The molecular formula is C23H21N4O4. The van der Waals surface area contributed by atoms with Crippen LogP contribution in [-0.4, -0.2) is 26.9 Å². The molecule has 0 amide bonds. The maximum Gasteiger partial charge on any atom is 0.419 e. The van der Waals surface area contributed by atoms with Gasteiger partial charge in [-0.1, -0.05) is 6.07 Å². The van der Waals surface area contributed by atoms with Gasteiger partial charge in [-0.15, -0.1) is 0 Å². The number of ether oxygens (including phenoxy) is 1. The zero-order chi connectivity index (χ0) is 21.5. The summed E-state index contributed by atoms with van der Waals surface area (Å²) < 4.78 is 13.5. The fraction of sp³-hybridized carbons (Fsp3) is 0.217. The van der Waals surface area contributed by atoms with Gasteiger partial charge in [0.1, 0.15) is 6.61 Å². The number of hydrogen-bond acceptors (Lipinski definition) is 6. The van der Waals surface area contributed by atoms with E-state index in [1.165, 1.54) is 4.57 Å². The second kappa shape index (κ2) is 7.55. The van der Waals surface area contributed by atoms with Crippen molar-refractivity contribution < 1.29 is 13.9 Å². The van der Waals surface area contributed by atoms with Crippen LogP contribution in [0.2, 0.25) is 0 Å². The normalized spacial score (nSPS) is 13.0. The molecule has 1 aliphatic rings. The van der Waals surface area contributed by atoms with Crippen molar-refractivity contribution in [1.29, 1.82) is 0 Å². The molecule has 0 saturated heterocycles. The van der Waals surface area contributed by atoms with Crippen molar-refractivity contribution in [2.24, 2.45) is 7.05 Å². The molecule has 0 atom stereocenters. The van der Waals surface area contributed by atoms with E-state index in [1.54, 1.807) is 17.8 Å². The van der Waals surface area contributed by atoms with Gasteiger partial charge in [0.05, 0.1) is 23.0 Å². The first-order valence-corrected chi connectivity index (χ1v) is 9.98. The van der Waals surface area contributed by atoms with Crippen LogP contribution in [0.25, 0.3) is 16.8 Å².